The first-order valence-corrected chi connectivity index (χ1v) is 7.45. The summed E-state index contributed by atoms with van der Waals surface area (Å²) >= 11 is 6.15. The zero-order valence-electron chi connectivity index (χ0n) is 12.0. The van der Waals surface area contributed by atoms with E-state index in [0.717, 1.165) is 25.1 Å². The second-order valence-corrected chi connectivity index (χ2v) is 5.49. The molecule has 20 heavy (non-hydrogen) atoms. The van der Waals surface area contributed by atoms with Gasteiger partial charge in [-0.05, 0) is 37.3 Å². The summed E-state index contributed by atoms with van der Waals surface area (Å²) in [5, 5.41) is 15.2. The fourth-order valence-corrected chi connectivity index (χ4v) is 2.68. The van der Waals surface area contributed by atoms with Crippen LogP contribution in [0.3, 0.4) is 0 Å². The Morgan fingerprint density at radius 3 is 2.80 bits per heavy atom. The molecule has 1 N–H and O–H groups in total. The van der Waals surface area contributed by atoms with E-state index >= 15 is 0 Å². The number of aryl methyl sites for hydroxylation is 3. The minimum atomic E-state index is -0.573. The molecule has 1 aromatic heterocycles. The van der Waals surface area contributed by atoms with Crippen LogP contribution in [0.15, 0.2) is 30.5 Å². The zero-order valence-corrected chi connectivity index (χ0v) is 12.8. The molecule has 0 saturated heterocycles. The van der Waals surface area contributed by atoms with Crippen molar-refractivity contribution in [3.05, 3.63) is 52.3 Å². The number of rotatable bonds is 6. The molecule has 0 fully saturated rings. The van der Waals surface area contributed by atoms with Crippen LogP contribution in [0.25, 0.3) is 0 Å². The van der Waals surface area contributed by atoms with Crippen LogP contribution in [-0.2, 0) is 13.0 Å². The van der Waals surface area contributed by atoms with E-state index in [1.54, 1.807) is 6.20 Å². The predicted molar refractivity (Wildman–Crippen MR) is 82.0 cm³/mol. The molecule has 0 spiro atoms. The van der Waals surface area contributed by atoms with Crippen LogP contribution in [-0.4, -0.2) is 14.9 Å². The second-order valence-electron chi connectivity index (χ2n) is 5.08. The third-order valence-electron chi connectivity index (χ3n) is 3.53. The second kappa shape index (κ2) is 6.91. The molecule has 0 aliphatic rings. The van der Waals surface area contributed by atoms with Crippen molar-refractivity contribution in [2.45, 2.75) is 45.8 Å². The van der Waals surface area contributed by atoms with E-state index in [9.17, 15) is 5.11 Å². The molecule has 4 heteroatoms. The van der Waals surface area contributed by atoms with E-state index in [-0.39, 0.29) is 0 Å². The van der Waals surface area contributed by atoms with Crippen molar-refractivity contribution in [1.82, 2.24) is 9.78 Å². The molecule has 1 atom stereocenters. The number of aliphatic hydroxyl groups excluding tert-OH is 1. The summed E-state index contributed by atoms with van der Waals surface area (Å²) in [6.45, 7) is 4.96. The van der Waals surface area contributed by atoms with Crippen molar-refractivity contribution >= 4 is 11.6 Å². The first-order valence-electron chi connectivity index (χ1n) is 7.07. The lowest BCUT2D eigenvalue weighted by Gasteiger charge is -2.14. The van der Waals surface area contributed by atoms with Gasteiger partial charge in [0.25, 0.3) is 0 Å². The van der Waals surface area contributed by atoms with Gasteiger partial charge in [-0.1, -0.05) is 42.8 Å². The highest BCUT2D eigenvalue weighted by molar-refractivity contribution is 6.31. The summed E-state index contributed by atoms with van der Waals surface area (Å²) in [6.07, 6.45) is 3.50. The van der Waals surface area contributed by atoms with Gasteiger partial charge in [0.2, 0.25) is 0 Å². The molecule has 1 aromatic carbocycles. The molecule has 0 amide bonds. The summed E-state index contributed by atoms with van der Waals surface area (Å²) in [4.78, 5) is 0. The molecule has 0 aliphatic carbocycles. The van der Waals surface area contributed by atoms with E-state index < -0.39 is 6.10 Å². The van der Waals surface area contributed by atoms with E-state index in [2.05, 4.69) is 31.1 Å². The number of aromatic nitrogens is 2. The van der Waals surface area contributed by atoms with Gasteiger partial charge in [0.1, 0.15) is 0 Å². The highest BCUT2D eigenvalue weighted by atomic mass is 35.5. The highest BCUT2D eigenvalue weighted by Crippen LogP contribution is 2.27. The molecule has 1 heterocycles. The van der Waals surface area contributed by atoms with Gasteiger partial charge < -0.3 is 5.11 Å². The Morgan fingerprint density at radius 2 is 2.10 bits per heavy atom. The Labute approximate surface area is 125 Å². The number of hydrogen-bond acceptors (Lipinski definition) is 2. The highest BCUT2D eigenvalue weighted by Gasteiger charge is 2.18. The van der Waals surface area contributed by atoms with E-state index in [0.29, 0.717) is 11.4 Å². The molecule has 0 saturated carbocycles. The van der Waals surface area contributed by atoms with Crippen LogP contribution in [0, 0.1) is 6.92 Å². The normalized spacial score (nSPS) is 12.6. The molecular formula is C16H21ClN2O. The maximum atomic E-state index is 10.4. The Kier molecular flexibility index (Phi) is 5.21. The lowest BCUT2D eigenvalue weighted by molar-refractivity contribution is 0.156. The minimum absolute atomic E-state index is 0.552. The lowest BCUT2D eigenvalue weighted by atomic mass is 10.0. The van der Waals surface area contributed by atoms with Gasteiger partial charge in [-0.2, -0.15) is 5.10 Å². The van der Waals surface area contributed by atoms with Gasteiger partial charge in [-0.25, -0.2) is 0 Å². The summed E-state index contributed by atoms with van der Waals surface area (Å²) in [5.41, 5.74) is 3.26. The number of nitrogens with zero attached hydrogens (tertiary/aromatic N) is 2. The lowest BCUT2D eigenvalue weighted by Crippen LogP contribution is -2.10. The van der Waals surface area contributed by atoms with E-state index in [1.807, 2.05) is 16.8 Å². The van der Waals surface area contributed by atoms with Crippen molar-refractivity contribution < 1.29 is 5.11 Å². The summed E-state index contributed by atoms with van der Waals surface area (Å²) < 4.78 is 1.81. The molecule has 108 valence electrons. The van der Waals surface area contributed by atoms with Crippen LogP contribution in [0.4, 0.5) is 0 Å². The minimum Gasteiger partial charge on any atom is -0.387 e. The summed E-state index contributed by atoms with van der Waals surface area (Å²) in [6, 6.07) is 8.26. The topological polar surface area (TPSA) is 38.0 Å². The number of halogens is 1. The molecule has 3 nitrogen and oxygen atoms in total. The van der Waals surface area contributed by atoms with E-state index in [4.69, 9.17) is 11.6 Å². The number of aliphatic hydroxyl groups is 1. The van der Waals surface area contributed by atoms with Crippen LogP contribution >= 0.6 is 11.6 Å². The van der Waals surface area contributed by atoms with Crippen LogP contribution in [0.5, 0.6) is 0 Å². The van der Waals surface area contributed by atoms with Gasteiger partial charge in [0, 0.05) is 6.54 Å². The number of hydrogen-bond donors (Lipinski definition) is 1. The smallest absolute Gasteiger partial charge is 0.0975 e. The number of benzene rings is 1. The average molecular weight is 293 g/mol. The first-order chi connectivity index (χ1) is 9.63. The largest absolute Gasteiger partial charge is 0.387 e. The van der Waals surface area contributed by atoms with Gasteiger partial charge in [-0.15, -0.1) is 0 Å². The Bertz CT molecular complexity index is 565. The molecule has 1 unspecified atom stereocenters. The quantitative estimate of drug-likeness (QED) is 0.876. The standard InChI is InChI=1S/C16H21ClN2O/c1-3-10-19-16(14(17)11-18-19)15(20)9-8-13-7-5-4-6-12(13)2/h4-7,11,15,20H,3,8-10H2,1-2H3. The van der Waals surface area contributed by atoms with E-state index in [1.165, 1.54) is 11.1 Å². The van der Waals surface area contributed by atoms with Crippen molar-refractivity contribution in [1.29, 1.82) is 0 Å². The van der Waals surface area contributed by atoms with Gasteiger partial charge in [0.15, 0.2) is 0 Å². The van der Waals surface area contributed by atoms with Gasteiger partial charge in [-0.3, -0.25) is 4.68 Å². The first kappa shape index (κ1) is 15.1. The Balaban J connectivity index is 2.07. The summed E-state index contributed by atoms with van der Waals surface area (Å²) in [7, 11) is 0. The molecular weight excluding hydrogens is 272 g/mol. The molecule has 0 bridgehead atoms. The monoisotopic (exact) mass is 292 g/mol. The third kappa shape index (κ3) is 3.41. The van der Waals surface area contributed by atoms with Crippen LogP contribution < -0.4 is 0 Å². The molecule has 2 aromatic rings. The molecule has 2 rings (SSSR count). The fourth-order valence-electron chi connectivity index (χ4n) is 2.41. The maximum absolute atomic E-state index is 10.4. The van der Waals surface area contributed by atoms with Crippen molar-refractivity contribution in [2.24, 2.45) is 0 Å². The van der Waals surface area contributed by atoms with Crippen molar-refractivity contribution in [3.8, 4) is 0 Å². The van der Waals surface area contributed by atoms with Crippen molar-refractivity contribution in [3.63, 3.8) is 0 Å². The van der Waals surface area contributed by atoms with Gasteiger partial charge in [0.05, 0.1) is 23.0 Å². The van der Waals surface area contributed by atoms with Crippen LogP contribution in [0.2, 0.25) is 5.02 Å². The average Bonchev–Trinajstić information content (AvgIpc) is 2.79. The maximum Gasteiger partial charge on any atom is 0.0975 e. The summed E-state index contributed by atoms with van der Waals surface area (Å²) in [5.74, 6) is 0. The van der Waals surface area contributed by atoms with Crippen molar-refractivity contribution in [2.75, 3.05) is 0 Å². The zero-order chi connectivity index (χ0) is 14.5. The van der Waals surface area contributed by atoms with Gasteiger partial charge >= 0.3 is 0 Å². The Morgan fingerprint density at radius 1 is 1.35 bits per heavy atom. The van der Waals surface area contributed by atoms with Crippen LogP contribution in [0.1, 0.15) is 42.7 Å². The third-order valence-corrected chi connectivity index (χ3v) is 3.82. The predicted octanol–water partition coefficient (Wildman–Crippen LogP) is 3.92. The molecule has 0 aliphatic heterocycles. The fraction of sp³-hybridized carbons (Fsp3) is 0.438. The Hall–Kier alpha value is -1.32. The SMILES string of the molecule is CCCn1ncc(Cl)c1C(O)CCc1ccccc1C. The molecule has 0 radical (unpaired) electrons.